The first kappa shape index (κ1) is 21.5. The van der Waals surface area contributed by atoms with E-state index < -0.39 is 0 Å². The van der Waals surface area contributed by atoms with E-state index in [1.807, 2.05) is 57.3 Å². The van der Waals surface area contributed by atoms with E-state index in [-0.39, 0.29) is 23.6 Å². The van der Waals surface area contributed by atoms with Crippen LogP contribution < -0.4 is 10.6 Å². The molecule has 0 bridgehead atoms. The van der Waals surface area contributed by atoms with E-state index in [4.69, 9.17) is 0 Å². The Hall–Kier alpha value is -3.18. The molecule has 4 nitrogen and oxygen atoms in total. The van der Waals surface area contributed by atoms with Gasteiger partial charge in [-0.3, -0.25) is 9.59 Å². The lowest BCUT2D eigenvalue weighted by Gasteiger charge is -2.19. The van der Waals surface area contributed by atoms with Gasteiger partial charge in [-0.25, -0.2) is 0 Å². The predicted molar refractivity (Wildman–Crippen MR) is 123 cm³/mol. The van der Waals surface area contributed by atoms with Gasteiger partial charge < -0.3 is 10.6 Å². The number of hydrogen-bond donors (Lipinski definition) is 2. The van der Waals surface area contributed by atoms with E-state index >= 15 is 0 Å². The molecule has 0 saturated carbocycles. The number of nitrogens with one attached hydrogen (secondary N) is 2. The molecule has 0 aliphatic heterocycles. The van der Waals surface area contributed by atoms with E-state index in [1.165, 1.54) is 11.3 Å². The van der Waals surface area contributed by atoms with Crippen molar-refractivity contribution < 1.29 is 9.59 Å². The molecule has 1 aromatic heterocycles. The highest BCUT2D eigenvalue weighted by Crippen LogP contribution is 2.20. The van der Waals surface area contributed by atoms with Crippen molar-refractivity contribution in [3.8, 4) is 0 Å². The van der Waals surface area contributed by atoms with Gasteiger partial charge in [0, 0.05) is 10.4 Å². The van der Waals surface area contributed by atoms with Crippen molar-refractivity contribution in [2.75, 3.05) is 0 Å². The lowest BCUT2D eigenvalue weighted by Crippen LogP contribution is -2.36. The Kier molecular flexibility index (Phi) is 6.85. The highest BCUT2D eigenvalue weighted by Gasteiger charge is 2.18. The summed E-state index contributed by atoms with van der Waals surface area (Å²) < 4.78 is 0. The van der Waals surface area contributed by atoms with Crippen LogP contribution in [0.25, 0.3) is 6.08 Å². The first-order valence-electron chi connectivity index (χ1n) is 9.84. The molecule has 2 amide bonds. The van der Waals surface area contributed by atoms with Gasteiger partial charge in [0.05, 0.1) is 6.04 Å². The summed E-state index contributed by atoms with van der Waals surface area (Å²) in [6, 6.07) is 17.1. The van der Waals surface area contributed by atoms with E-state index in [1.54, 1.807) is 18.2 Å². The van der Waals surface area contributed by atoms with Crippen LogP contribution in [0.4, 0.5) is 0 Å². The van der Waals surface area contributed by atoms with Gasteiger partial charge in [0.1, 0.15) is 5.70 Å². The molecule has 154 valence electrons. The molecule has 3 rings (SSSR count). The van der Waals surface area contributed by atoms with E-state index in [2.05, 4.69) is 28.8 Å². The average Bonchev–Trinajstić information content (AvgIpc) is 3.22. The largest absolute Gasteiger partial charge is 0.344 e. The van der Waals surface area contributed by atoms with Crippen molar-refractivity contribution in [1.29, 1.82) is 0 Å². The Balaban J connectivity index is 1.83. The van der Waals surface area contributed by atoms with Gasteiger partial charge >= 0.3 is 0 Å². The molecule has 3 aromatic rings. The molecule has 0 saturated heterocycles. The zero-order valence-corrected chi connectivity index (χ0v) is 18.5. The predicted octanol–water partition coefficient (Wildman–Crippen LogP) is 5.32. The van der Waals surface area contributed by atoms with Crippen molar-refractivity contribution in [1.82, 2.24) is 10.6 Å². The van der Waals surface area contributed by atoms with Crippen molar-refractivity contribution in [3.05, 3.63) is 98.4 Å². The number of aryl methyl sites for hydroxylation is 3. The molecule has 1 heterocycles. The molecular formula is C25H26N2O2S. The smallest absolute Gasteiger partial charge is 0.268 e. The minimum Gasteiger partial charge on any atom is -0.344 e. The molecule has 1 atom stereocenters. The van der Waals surface area contributed by atoms with Crippen LogP contribution in [0.5, 0.6) is 0 Å². The summed E-state index contributed by atoms with van der Waals surface area (Å²) in [4.78, 5) is 26.7. The van der Waals surface area contributed by atoms with Crippen LogP contribution in [0.3, 0.4) is 0 Å². The van der Waals surface area contributed by atoms with Crippen molar-refractivity contribution in [2.45, 2.75) is 33.7 Å². The van der Waals surface area contributed by atoms with Crippen molar-refractivity contribution in [3.63, 3.8) is 0 Å². The Morgan fingerprint density at radius 2 is 1.67 bits per heavy atom. The molecule has 0 radical (unpaired) electrons. The van der Waals surface area contributed by atoms with Crippen LogP contribution in [0, 0.1) is 20.8 Å². The van der Waals surface area contributed by atoms with Gasteiger partial charge in [0.2, 0.25) is 0 Å². The second-order valence-corrected chi connectivity index (χ2v) is 8.43. The molecule has 2 aromatic carbocycles. The third-order valence-electron chi connectivity index (χ3n) is 4.89. The monoisotopic (exact) mass is 418 g/mol. The Labute approximate surface area is 181 Å². The van der Waals surface area contributed by atoms with E-state index in [0.29, 0.717) is 5.56 Å². The summed E-state index contributed by atoms with van der Waals surface area (Å²) in [6.45, 7) is 7.97. The Bertz CT molecular complexity index is 1070. The van der Waals surface area contributed by atoms with Crippen molar-refractivity contribution in [2.24, 2.45) is 0 Å². The van der Waals surface area contributed by atoms with Gasteiger partial charge in [-0.2, -0.15) is 0 Å². The highest BCUT2D eigenvalue weighted by molar-refractivity contribution is 7.10. The van der Waals surface area contributed by atoms with Crippen LogP contribution in [0.2, 0.25) is 0 Å². The highest BCUT2D eigenvalue weighted by atomic mass is 32.1. The minimum absolute atomic E-state index is 0.194. The van der Waals surface area contributed by atoms with Gasteiger partial charge in [0.25, 0.3) is 11.8 Å². The van der Waals surface area contributed by atoms with Gasteiger partial charge in [-0.05, 0) is 68.5 Å². The molecule has 2 N–H and O–H groups in total. The number of carbonyl (C=O) groups is 2. The fourth-order valence-electron chi connectivity index (χ4n) is 3.15. The third-order valence-corrected chi connectivity index (χ3v) is 5.70. The number of rotatable bonds is 6. The average molecular weight is 419 g/mol. The summed E-state index contributed by atoms with van der Waals surface area (Å²) in [7, 11) is 0. The number of hydrogen-bond acceptors (Lipinski definition) is 3. The van der Waals surface area contributed by atoms with E-state index in [9.17, 15) is 9.59 Å². The molecule has 30 heavy (non-hydrogen) atoms. The molecule has 0 aliphatic carbocycles. The normalized spacial score (nSPS) is 12.3. The van der Waals surface area contributed by atoms with Crippen molar-refractivity contribution >= 4 is 29.2 Å². The second-order valence-electron chi connectivity index (χ2n) is 7.45. The molecule has 0 unspecified atom stereocenters. The first-order chi connectivity index (χ1) is 14.3. The SMILES string of the molecule is Cc1ccc(C(=O)N/C(=C\c2cccs2)C(=O)N[C@H](C)c2cc(C)ccc2C)cc1. The standard InChI is InChI=1S/C25H26N2O2S/c1-16-8-11-20(12-9-16)24(28)27-23(15-21-6-5-13-30-21)25(29)26-19(4)22-14-17(2)7-10-18(22)3/h5-15,19H,1-4H3,(H,26,29)(H,27,28)/b23-15-/t19-/m1/s1. The zero-order chi connectivity index (χ0) is 21.7. The Morgan fingerprint density at radius 1 is 0.967 bits per heavy atom. The van der Waals surface area contributed by atoms with E-state index in [0.717, 1.165) is 27.1 Å². The quantitative estimate of drug-likeness (QED) is 0.532. The maximum atomic E-state index is 13.1. The summed E-state index contributed by atoms with van der Waals surface area (Å²) >= 11 is 1.51. The lowest BCUT2D eigenvalue weighted by atomic mass is 10.00. The van der Waals surface area contributed by atoms with Crippen LogP contribution in [-0.2, 0) is 4.79 Å². The van der Waals surface area contributed by atoms with Crippen LogP contribution >= 0.6 is 11.3 Å². The molecule has 5 heteroatoms. The maximum absolute atomic E-state index is 13.1. The van der Waals surface area contributed by atoms with Gasteiger partial charge in [-0.15, -0.1) is 11.3 Å². The molecular weight excluding hydrogens is 392 g/mol. The fourth-order valence-corrected chi connectivity index (χ4v) is 3.81. The zero-order valence-electron chi connectivity index (χ0n) is 17.7. The summed E-state index contributed by atoms with van der Waals surface area (Å²) in [5.41, 5.74) is 5.11. The van der Waals surface area contributed by atoms with Crippen LogP contribution in [0.15, 0.2) is 65.7 Å². The first-order valence-corrected chi connectivity index (χ1v) is 10.7. The summed E-state index contributed by atoms with van der Waals surface area (Å²) in [6.07, 6.45) is 1.71. The number of amides is 2. The fraction of sp³-hybridized carbons (Fsp3) is 0.200. The topological polar surface area (TPSA) is 58.2 Å². The van der Waals surface area contributed by atoms with Gasteiger partial charge in [0.15, 0.2) is 0 Å². The molecule has 0 aliphatic rings. The molecule has 0 spiro atoms. The second kappa shape index (κ2) is 9.55. The summed E-state index contributed by atoms with van der Waals surface area (Å²) in [5, 5.41) is 7.75. The molecule has 0 fully saturated rings. The summed E-state index contributed by atoms with van der Waals surface area (Å²) in [5.74, 6) is -0.635. The number of carbonyl (C=O) groups excluding carboxylic acids is 2. The van der Waals surface area contributed by atoms with Gasteiger partial charge in [-0.1, -0.05) is 47.5 Å². The lowest BCUT2D eigenvalue weighted by molar-refractivity contribution is -0.118. The maximum Gasteiger partial charge on any atom is 0.268 e. The van der Waals surface area contributed by atoms with Crippen LogP contribution in [0.1, 0.15) is 50.5 Å². The van der Waals surface area contributed by atoms with Crippen LogP contribution in [-0.4, -0.2) is 11.8 Å². The Morgan fingerprint density at radius 3 is 2.33 bits per heavy atom. The minimum atomic E-state index is -0.322. The number of thiophene rings is 1. The number of benzene rings is 2. The third kappa shape index (κ3) is 5.45.